The van der Waals surface area contributed by atoms with E-state index in [1.54, 1.807) is 30.3 Å². The Bertz CT molecular complexity index is 428. The monoisotopic (exact) mass is 280 g/mol. The van der Waals surface area contributed by atoms with E-state index in [-0.39, 0.29) is 6.42 Å². The molecule has 0 bridgehead atoms. The molecule has 1 unspecified atom stereocenters. The smallest absolute Gasteiger partial charge is 0.356 e. The largest absolute Gasteiger partial charge is 0.446 e. The second kappa shape index (κ2) is 5.66. The van der Waals surface area contributed by atoms with Gasteiger partial charge < -0.3 is 10.2 Å². The van der Waals surface area contributed by atoms with E-state index in [1.165, 1.54) is 0 Å². The molecule has 0 aliphatic carbocycles. The highest BCUT2D eigenvalue weighted by molar-refractivity contribution is 5.84. The Morgan fingerprint density at radius 1 is 1.16 bits per heavy atom. The molecule has 7 heteroatoms. The number of aliphatic hydroxyl groups is 2. The fourth-order valence-corrected chi connectivity index (χ4v) is 1.41. The molecular formula is C12H12F4O3. The van der Waals surface area contributed by atoms with Crippen molar-refractivity contribution in [2.45, 2.75) is 31.0 Å². The van der Waals surface area contributed by atoms with Crippen LogP contribution in [0, 0.1) is 0 Å². The molecule has 106 valence electrons. The molecule has 0 aliphatic rings. The number of carbonyl (C=O) groups excluding carboxylic acids is 1. The molecule has 1 atom stereocenters. The summed E-state index contributed by atoms with van der Waals surface area (Å²) in [7, 11) is 0. The second-order valence-electron chi connectivity index (χ2n) is 4.04. The number of aryl methyl sites for hydroxylation is 1. The molecule has 0 radical (unpaired) electrons. The Balaban J connectivity index is 2.64. The van der Waals surface area contributed by atoms with Crippen LogP contribution in [0.2, 0.25) is 0 Å². The summed E-state index contributed by atoms with van der Waals surface area (Å²) in [6.45, 7) is 0. The number of rotatable bonds is 5. The van der Waals surface area contributed by atoms with Gasteiger partial charge in [-0.3, -0.25) is 4.79 Å². The first-order chi connectivity index (χ1) is 8.66. The molecular weight excluding hydrogens is 268 g/mol. The third-order valence-corrected chi connectivity index (χ3v) is 2.56. The van der Waals surface area contributed by atoms with Gasteiger partial charge in [0, 0.05) is 6.42 Å². The molecule has 0 amide bonds. The number of hydrogen-bond acceptors (Lipinski definition) is 3. The number of hydrogen-bond donors (Lipinski definition) is 2. The van der Waals surface area contributed by atoms with Crippen molar-refractivity contribution in [1.29, 1.82) is 0 Å². The minimum Gasteiger partial charge on any atom is -0.356 e. The molecule has 3 nitrogen and oxygen atoms in total. The molecule has 0 fully saturated rings. The number of alkyl halides is 4. The zero-order chi connectivity index (χ0) is 14.7. The van der Waals surface area contributed by atoms with Crippen molar-refractivity contribution in [3.63, 3.8) is 0 Å². The predicted molar refractivity (Wildman–Crippen MR) is 57.9 cm³/mol. The second-order valence-corrected chi connectivity index (χ2v) is 4.04. The standard InChI is InChI=1S/C12H12F4O3/c13-10(11(18,19)12(14,15)16)9(17)7-6-8-4-2-1-3-5-8/h1-5,10,18-19H,6-7H2. The molecule has 0 saturated heterocycles. The summed E-state index contributed by atoms with van der Waals surface area (Å²) in [6, 6.07) is 8.26. The maximum atomic E-state index is 13.2. The summed E-state index contributed by atoms with van der Waals surface area (Å²) >= 11 is 0. The minimum atomic E-state index is -5.63. The van der Waals surface area contributed by atoms with Gasteiger partial charge in [0.25, 0.3) is 0 Å². The average Bonchev–Trinajstić information content (AvgIpc) is 2.34. The van der Waals surface area contributed by atoms with Crippen molar-refractivity contribution in [1.82, 2.24) is 0 Å². The SMILES string of the molecule is O=C(CCc1ccccc1)C(F)C(O)(O)C(F)(F)F. The van der Waals surface area contributed by atoms with Crippen LogP contribution in [0.1, 0.15) is 12.0 Å². The summed E-state index contributed by atoms with van der Waals surface area (Å²) in [5, 5.41) is 17.2. The number of Topliss-reactive ketones (excluding diaryl/α,β-unsaturated/α-hetero) is 1. The van der Waals surface area contributed by atoms with Gasteiger partial charge >= 0.3 is 12.0 Å². The lowest BCUT2D eigenvalue weighted by Gasteiger charge is -2.26. The van der Waals surface area contributed by atoms with Gasteiger partial charge in [0.15, 0.2) is 5.78 Å². The maximum Gasteiger partial charge on any atom is 0.446 e. The average molecular weight is 280 g/mol. The van der Waals surface area contributed by atoms with Crippen LogP contribution in [0.5, 0.6) is 0 Å². The highest BCUT2D eigenvalue weighted by atomic mass is 19.4. The van der Waals surface area contributed by atoms with Gasteiger partial charge in [-0.15, -0.1) is 0 Å². The Hall–Kier alpha value is -1.47. The van der Waals surface area contributed by atoms with Crippen LogP contribution in [0.15, 0.2) is 30.3 Å². The molecule has 1 rings (SSSR count). The quantitative estimate of drug-likeness (QED) is 0.638. The van der Waals surface area contributed by atoms with E-state index in [4.69, 9.17) is 10.2 Å². The van der Waals surface area contributed by atoms with Gasteiger partial charge in [-0.25, -0.2) is 4.39 Å². The number of halogens is 4. The molecule has 0 aromatic heterocycles. The highest BCUT2D eigenvalue weighted by Crippen LogP contribution is 2.33. The van der Waals surface area contributed by atoms with Crippen LogP contribution >= 0.6 is 0 Å². The molecule has 0 heterocycles. The van der Waals surface area contributed by atoms with Gasteiger partial charge in [-0.1, -0.05) is 30.3 Å². The molecule has 0 saturated carbocycles. The van der Waals surface area contributed by atoms with Crippen LogP contribution in [-0.2, 0) is 11.2 Å². The van der Waals surface area contributed by atoms with Crippen LogP contribution in [0.4, 0.5) is 17.6 Å². The lowest BCUT2D eigenvalue weighted by Crippen LogP contribution is -2.55. The third-order valence-electron chi connectivity index (χ3n) is 2.56. The zero-order valence-corrected chi connectivity index (χ0v) is 9.69. The molecule has 2 N–H and O–H groups in total. The van der Waals surface area contributed by atoms with Gasteiger partial charge in [0.05, 0.1) is 0 Å². The van der Waals surface area contributed by atoms with E-state index < -0.39 is 30.3 Å². The fourth-order valence-electron chi connectivity index (χ4n) is 1.41. The Morgan fingerprint density at radius 3 is 2.16 bits per heavy atom. The summed E-state index contributed by atoms with van der Waals surface area (Å²) in [5.74, 6) is -6.16. The first-order valence-corrected chi connectivity index (χ1v) is 5.38. The van der Waals surface area contributed by atoms with Crippen molar-refractivity contribution in [3.8, 4) is 0 Å². The lowest BCUT2D eigenvalue weighted by atomic mass is 10.0. The van der Waals surface area contributed by atoms with E-state index in [0.717, 1.165) is 0 Å². The van der Waals surface area contributed by atoms with Crippen molar-refractivity contribution >= 4 is 5.78 Å². The van der Waals surface area contributed by atoms with E-state index in [9.17, 15) is 22.4 Å². The first kappa shape index (κ1) is 15.6. The van der Waals surface area contributed by atoms with Gasteiger partial charge in [-0.05, 0) is 12.0 Å². The number of carbonyl (C=O) groups is 1. The summed E-state index contributed by atoms with van der Waals surface area (Å²) in [5.41, 5.74) is 0.636. The van der Waals surface area contributed by atoms with E-state index in [1.807, 2.05) is 0 Å². The topological polar surface area (TPSA) is 57.5 Å². The molecule has 0 spiro atoms. The van der Waals surface area contributed by atoms with Crippen molar-refractivity contribution in [2.24, 2.45) is 0 Å². The number of benzene rings is 1. The Labute approximate surface area is 106 Å². The lowest BCUT2D eigenvalue weighted by molar-refractivity contribution is -0.363. The van der Waals surface area contributed by atoms with Gasteiger partial charge in [0.1, 0.15) is 0 Å². The van der Waals surface area contributed by atoms with Crippen molar-refractivity contribution in [2.75, 3.05) is 0 Å². The van der Waals surface area contributed by atoms with Crippen LogP contribution in [0.25, 0.3) is 0 Å². The minimum absolute atomic E-state index is 0.0219. The predicted octanol–water partition coefficient (Wildman–Crippen LogP) is 1.77. The van der Waals surface area contributed by atoms with Crippen LogP contribution < -0.4 is 0 Å². The molecule has 1 aromatic carbocycles. The maximum absolute atomic E-state index is 13.2. The van der Waals surface area contributed by atoms with Crippen LogP contribution in [-0.4, -0.2) is 34.1 Å². The first-order valence-electron chi connectivity index (χ1n) is 5.38. The summed E-state index contributed by atoms with van der Waals surface area (Å²) in [6.07, 6.45) is -9.58. The summed E-state index contributed by atoms with van der Waals surface area (Å²) in [4.78, 5) is 11.2. The van der Waals surface area contributed by atoms with Crippen LogP contribution in [0.3, 0.4) is 0 Å². The zero-order valence-electron chi connectivity index (χ0n) is 9.69. The number of ketones is 1. The normalized spacial score (nSPS) is 14.2. The van der Waals surface area contributed by atoms with E-state index >= 15 is 0 Å². The van der Waals surface area contributed by atoms with Crippen molar-refractivity contribution in [3.05, 3.63) is 35.9 Å². The molecule has 0 aliphatic heterocycles. The summed E-state index contributed by atoms with van der Waals surface area (Å²) < 4.78 is 49.5. The van der Waals surface area contributed by atoms with Crippen molar-refractivity contribution < 1.29 is 32.6 Å². The Kier molecular flexibility index (Phi) is 4.65. The van der Waals surface area contributed by atoms with E-state index in [2.05, 4.69) is 0 Å². The highest BCUT2D eigenvalue weighted by Gasteiger charge is 2.60. The van der Waals surface area contributed by atoms with Gasteiger partial charge in [0.2, 0.25) is 6.17 Å². The van der Waals surface area contributed by atoms with Gasteiger partial charge in [-0.2, -0.15) is 13.2 Å². The fraction of sp³-hybridized carbons (Fsp3) is 0.417. The molecule has 1 aromatic rings. The molecule has 19 heavy (non-hydrogen) atoms. The Morgan fingerprint density at radius 2 is 1.68 bits per heavy atom. The van der Waals surface area contributed by atoms with E-state index in [0.29, 0.717) is 5.56 Å². The third kappa shape index (κ3) is 3.74.